The van der Waals surface area contributed by atoms with Gasteiger partial charge in [-0.25, -0.2) is 0 Å². The van der Waals surface area contributed by atoms with E-state index in [1.54, 1.807) is 0 Å². The second-order valence-corrected chi connectivity index (χ2v) is 5.06. The molecule has 0 N–H and O–H groups in total. The van der Waals surface area contributed by atoms with Crippen LogP contribution in [-0.4, -0.2) is 5.60 Å². The molecule has 0 amide bonds. The van der Waals surface area contributed by atoms with Crippen LogP contribution in [0.3, 0.4) is 0 Å². The van der Waals surface area contributed by atoms with E-state index in [9.17, 15) is 0 Å². The minimum atomic E-state index is -0.128. The van der Waals surface area contributed by atoms with E-state index in [0.29, 0.717) is 0 Å². The summed E-state index contributed by atoms with van der Waals surface area (Å²) in [4.78, 5) is 0. The molecule has 0 heterocycles. The monoisotopic (exact) mass is 256 g/mol. The Labute approximate surface area is 94.6 Å². The van der Waals surface area contributed by atoms with Crippen LogP contribution in [0, 0.1) is 6.92 Å². The number of ether oxygens (including phenoxy) is 1. The van der Waals surface area contributed by atoms with Crippen LogP contribution >= 0.6 is 15.9 Å². The zero-order valence-corrected chi connectivity index (χ0v) is 10.8. The molecule has 0 spiro atoms. The zero-order chi connectivity index (χ0) is 10.8. The van der Waals surface area contributed by atoms with Gasteiger partial charge in [-0.15, -0.1) is 0 Å². The number of aryl methyl sites for hydroxylation is 1. The normalized spacial score (nSPS) is 11.5. The second kappa shape index (κ2) is 4.35. The van der Waals surface area contributed by atoms with E-state index in [4.69, 9.17) is 4.74 Å². The maximum atomic E-state index is 5.80. The molecule has 0 aromatic heterocycles. The summed E-state index contributed by atoms with van der Waals surface area (Å²) in [6.45, 7) is 8.26. The van der Waals surface area contributed by atoms with Crippen LogP contribution in [0.25, 0.3) is 0 Å². The molecule has 1 nitrogen and oxygen atoms in total. The average Bonchev–Trinajstić information content (AvgIpc) is 1.99. The summed E-state index contributed by atoms with van der Waals surface area (Å²) in [6, 6.07) is 6.30. The maximum absolute atomic E-state index is 5.80. The first-order valence-electron chi connectivity index (χ1n) is 4.76. The standard InChI is InChI=1S/C12H17BrO/c1-9-5-10(8-13)7-11(6-9)14-12(2,3)4/h5-7H,8H2,1-4H3. The number of hydrogen-bond acceptors (Lipinski definition) is 1. The molecule has 0 aliphatic rings. The predicted octanol–water partition coefficient (Wildman–Crippen LogP) is 4.07. The molecular formula is C12H17BrO. The van der Waals surface area contributed by atoms with Gasteiger partial charge in [-0.1, -0.05) is 22.0 Å². The smallest absolute Gasteiger partial charge is 0.120 e. The molecular weight excluding hydrogens is 240 g/mol. The van der Waals surface area contributed by atoms with Gasteiger partial charge >= 0.3 is 0 Å². The van der Waals surface area contributed by atoms with Gasteiger partial charge in [-0.2, -0.15) is 0 Å². The summed E-state index contributed by atoms with van der Waals surface area (Å²) in [7, 11) is 0. The van der Waals surface area contributed by atoms with Crippen LogP contribution in [0.1, 0.15) is 31.9 Å². The van der Waals surface area contributed by atoms with Crippen LogP contribution in [0.15, 0.2) is 18.2 Å². The number of alkyl halides is 1. The predicted molar refractivity (Wildman–Crippen MR) is 64.2 cm³/mol. The summed E-state index contributed by atoms with van der Waals surface area (Å²) >= 11 is 3.45. The summed E-state index contributed by atoms with van der Waals surface area (Å²) < 4.78 is 5.80. The van der Waals surface area contributed by atoms with Gasteiger partial charge in [-0.05, 0) is 51.0 Å². The summed E-state index contributed by atoms with van der Waals surface area (Å²) in [6.07, 6.45) is 0. The Balaban J connectivity index is 2.92. The van der Waals surface area contributed by atoms with Gasteiger partial charge in [-0.3, -0.25) is 0 Å². The van der Waals surface area contributed by atoms with Crippen molar-refractivity contribution < 1.29 is 4.74 Å². The lowest BCUT2D eigenvalue weighted by molar-refractivity contribution is 0.131. The maximum Gasteiger partial charge on any atom is 0.120 e. The molecule has 1 aromatic carbocycles. The fraction of sp³-hybridized carbons (Fsp3) is 0.500. The Bertz CT molecular complexity index is 313. The second-order valence-electron chi connectivity index (χ2n) is 4.50. The van der Waals surface area contributed by atoms with Crippen molar-refractivity contribution in [3.63, 3.8) is 0 Å². The van der Waals surface area contributed by atoms with Crippen molar-refractivity contribution in [1.82, 2.24) is 0 Å². The molecule has 14 heavy (non-hydrogen) atoms. The van der Waals surface area contributed by atoms with Crippen molar-refractivity contribution in [1.29, 1.82) is 0 Å². The fourth-order valence-corrected chi connectivity index (χ4v) is 1.64. The fourth-order valence-electron chi connectivity index (χ4n) is 1.31. The molecule has 78 valence electrons. The Hall–Kier alpha value is -0.500. The van der Waals surface area contributed by atoms with Gasteiger partial charge in [0.25, 0.3) is 0 Å². The highest BCUT2D eigenvalue weighted by molar-refractivity contribution is 9.08. The van der Waals surface area contributed by atoms with E-state index in [1.807, 2.05) is 0 Å². The molecule has 0 saturated carbocycles. The third-order valence-electron chi connectivity index (χ3n) is 1.69. The van der Waals surface area contributed by atoms with Gasteiger partial charge in [0.15, 0.2) is 0 Å². The van der Waals surface area contributed by atoms with Crippen LogP contribution in [0.5, 0.6) is 5.75 Å². The van der Waals surface area contributed by atoms with Gasteiger partial charge in [0.05, 0.1) is 0 Å². The third-order valence-corrected chi connectivity index (χ3v) is 2.34. The Morgan fingerprint density at radius 1 is 1.21 bits per heavy atom. The van der Waals surface area contributed by atoms with E-state index in [-0.39, 0.29) is 5.60 Å². The topological polar surface area (TPSA) is 9.23 Å². The number of halogens is 1. The molecule has 0 aliphatic heterocycles. The molecule has 0 bridgehead atoms. The highest BCUT2D eigenvalue weighted by atomic mass is 79.9. The molecule has 0 radical (unpaired) electrons. The molecule has 2 heteroatoms. The molecule has 0 fully saturated rings. The van der Waals surface area contributed by atoms with E-state index in [1.165, 1.54) is 11.1 Å². The first-order chi connectivity index (χ1) is 6.40. The number of rotatable bonds is 2. The first-order valence-corrected chi connectivity index (χ1v) is 5.88. The largest absolute Gasteiger partial charge is 0.488 e. The van der Waals surface area contributed by atoms with Gasteiger partial charge in [0.2, 0.25) is 0 Å². The highest BCUT2D eigenvalue weighted by Crippen LogP contribution is 2.22. The lowest BCUT2D eigenvalue weighted by atomic mass is 10.1. The van der Waals surface area contributed by atoms with Crippen molar-refractivity contribution in [3.8, 4) is 5.75 Å². The molecule has 0 unspecified atom stereocenters. The summed E-state index contributed by atoms with van der Waals surface area (Å²) in [5.41, 5.74) is 2.36. The lowest BCUT2D eigenvalue weighted by Crippen LogP contribution is -2.23. The Morgan fingerprint density at radius 2 is 1.86 bits per heavy atom. The molecule has 0 saturated heterocycles. The van der Waals surface area contributed by atoms with Crippen LogP contribution in [0.4, 0.5) is 0 Å². The molecule has 1 rings (SSSR count). The van der Waals surface area contributed by atoms with Gasteiger partial charge < -0.3 is 4.74 Å². The van der Waals surface area contributed by atoms with E-state index in [2.05, 4.69) is 61.8 Å². The van der Waals surface area contributed by atoms with E-state index < -0.39 is 0 Å². The third kappa shape index (κ3) is 3.70. The SMILES string of the molecule is Cc1cc(CBr)cc(OC(C)(C)C)c1. The van der Waals surface area contributed by atoms with Crippen molar-refractivity contribution in [2.75, 3.05) is 0 Å². The minimum absolute atomic E-state index is 0.128. The average molecular weight is 257 g/mol. The molecule has 1 aromatic rings. The van der Waals surface area contributed by atoms with E-state index in [0.717, 1.165) is 11.1 Å². The number of benzene rings is 1. The van der Waals surface area contributed by atoms with Gasteiger partial charge in [0.1, 0.15) is 11.4 Å². The number of hydrogen-bond donors (Lipinski definition) is 0. The minimum Gasteiger partial charge on any atom is -0.488 e. The van der Waals surface area contributed by atoms with Crippen molar-refractivity contribution >= 4 is 15.9 Å². The Morgan fingerprint density at radius 3 is 2.36 bits per heavy atom. The van der Waals surface area contributed by atoms with Crippen molar-refractivity contribution in [2.45, 2.75) is 38.6 Å². The first kappa shape index (κ1) is 11.6. The highest BCUT2D eigenvalue weighted by Gasteiger charge is 2.12. The van der Waals surface area contributed by atoms with Gasteiger partial charge in [0, 0.05) is 5.33 Å². The van der Waals surface area contributed by atoms with Crippen molar-refractivity contribution in [2.24, 2.45) is 0 Å². The molecule has 0 aliphatic carbocycles. The van der Waals surface area contributed by atoms with Crippen LogP contribution in [0.2, 0.25) is 0 Å². The molecule has 0 atom stereocenters. The summed E-state index contributed by atoms with van der Waals surface area (Å²) in [5, 5.41) is 0.870. The van der Waals surface area contributed by atoms with E-state index >= 15 is 0 Å². The lowest BCUT2D eigenvalue weighted by Gasteiger charge is -2.22. The summed E-state index contributed by atoms with van der Waals surface area (Å²) in [5.74, 6) is 0.951. The van der Waals surface area contributed by atoms with Crippen LogP contribution < -0.4 is 4.74 Å². The Kier molecular flexibility index (Phi) is 3.59. The van der Waals surface area contributed by atoms with Crippen molar-refractivity contribution in [3.05, 3.63) is 29.3 Å². The van der Waals surface area contributed by atoms with Crippen LogP contribution in [-0.2, 0) is 5.33 Å². The zero-order valence-electron chi connectivity index (χ0n) is 9.23. The quantitative estimate of drug-likeness (QED) is 0.726.